The highest BCUT2D eigenvalue weighted by Gasteiger charge is 2.38. The number of benzene rings is 3. The normalized spacial score (nSPS) is 12.7. The molecule has 0 unspecified atom stereocenters. The van der Waals surface area contributed by atoms with E-state index in [9.17, 15) is 14.4 Å². The Balaban J connectivity index is 1.44. The maximum absolute atomic E-state index is 13.1. The number of furan rings is 1. The molecule has 6 nitrogen and oxygen atoms in total. The minimum absolute atomic E-state index is 0.0641. The zero-order valence-electron chi connectivity index (χ0n) is 16.5. The lowest BCUT2D eigenvalue weighted by Gasteiger charge is -2.13. The Bertz CT molecular complexity index is 1380. The van der Waals surface area contributed by atoms with E-state index in [-0.39, 0.29) is 22.6 Å². The Morgan fingerprint density at radius 3 is 2.41 bits per heavy atom. The van der Waals surface area contributed by atoms with Gasteiger partial charge in [-0.2, -0.15) is 0 Å². The van der Waals surface area contributed by atoms with Crippen LogP contribution in [0, 0.1) is 0 Å². The molecule has 0 bridgehead atoms. The van der Waals surface area contributed by atoms with Crippen molar-refractivity contribution in [3.63, 3.8) is 0 Å². The van der Waals surface area contributed by atoms with Gasteiger partial charge in [-0.15, -0.1) is 0 Å². The van der Waals surface area contributed by atoms with Gasteiger partial charge in [0.2, 0.25) is 0 Å². The summed E-state index contributed by atoms with van der Waals surface area (Å²) in [6, 6.07) is 23.7. The zero-order valence-corrected chi connectivity index (χ0v) is 17.3. The molecule has 7 heteroatoms. The van der Waals surface area contributed by atoms with E-state index >= 15 is 0 Å². The Morgan fingerprint density at radius 1 is 0.844 bits per heavy atom. The molecule has 0 spiro atoms. The van der Waals surface area contributed by atoms with Gasteiger partial charge in [0.25, 0.3) is 17.7 Å². The molecule has 5 rings (SSSR count). The molecule has 0 aliphatic carbocycles. The summed E-state index contributed by atoms with van der Waals surface area (Å²) in [5, 5.41) is 3.25. The molecular weight excluding hydrogens is 428 g/mol. The second-order valence-corrected chi connectivity index (χ2v) is 7.57. The van der Waals surface area contributed by atoms with Crippen molar-refractivity contribution in [2.45, 2.75) is 0 Å². The molecule has 0 saturated heterocycles. The lowest BCUT2D eigenvalue weighted by molar-refractivity contribution is 0.0926. The number of rotatable bonds is 4. The molecular formula is C25H15ClN2O4. The van der Waals surface area contributed by atoms with Gasteiger partial charge in [0.05, 0.1) is 22.5 Å². The molecule has 3 aromatic carbocycles. The Hall–Kier alpha value is -4.16. The summed E-state index contributed by atoms with van der Waals surface area (Å²) in [6.07, 6.45) is 0. The summed E-state index contributed by atoms with van der Waals surface area (Å²) in [4.78, 5) is 39.9. The first-order chi connectivity index (χ1) is 15.5. The Labute approximate surface area is 188 Å². The number of carbonyl (C=O) groups is 3. The van der Waals surface area contributed by atoms with E-state index in [0.717, 1.165) is 10.5 Å². The maximum Gasteiger partial charge on any atom is 0.291 e. The third-order valence-electron chi connectivity index (χ3n) is 5.12. The fourth-order valence-electron chi connectivity index (χ4n) is 3.64. The lowest BCUT2D eigenvalue weighted by Crippen LogP contribution is -2.29. The third kappa shape index (κ3) is 3.36. The largest absolute Gasteiger partial charge is 0.451 e. The number of para-hydroxylation sites is 1. The fraction of sp³-hybridized carbons (Fsp3) is 0. The van der Waals surface area contributed by atoms with Gasteiger partial charge < -0.3 is 9.73 Å². The highest BCUT2D eigenvalue weighted by Crippen LogP contribution is 2.33. The van der Waals surface area contributed by atoms with Gasteiger partial charge in [0.1, 0.15) is 5.76 Å². The molecule has 0 saturated carbocycles. The molecule has 1 aliphatic heterocycles. The molecule has 1 aromatic heterocycles. The highest BCUT2D eigenvalue weighted by atomic mass is 35.5. The topological polar surface area (TPSA) is 79.6 Å². The van der Waals surface area contributed by atoms with Crippen LogP contribution in [0.4, 0.5) is 11.4 Å². The maximum atomic E-state index is 13.1. The van der Waals surface area contributed by atoms with Crippen LogP contribution in [0.3, 0.4) is 0 Å². The van der Waals surface area contributed by atoms with E-state index in [2.05, 4.69) is 5.32 Å². The van der Waals surface area contributed by atoms with Gasteiger partial charge in [-0.05, 0) is 48.5 Å². The molecule has 0 fully saturated rings. The SMILES string of the molecule is O=C(Nc1cccc2c1C(=O)N(c1ccccc1)C2=O)c1ccc(-c2cccc(Cl)c2)o1. The number of nitrogens with one attached hydrogen (secondary N) is 1. The number of anilines is 2. The highest BCUT2D eigenvalue weighted by molar-refractivity contribution is 6.36. The number of hydrogen-bond donors (Lipinski definition) is 1. The minimum atomic E-state index is -0.537. The van der Waals surface area contributed by atoms with Gasteiger partial charge in [0.15, 0.2) is 5.76 Å². The summed E-state index contributed by atoms with van der Waals surface area (Å²) in [5.41, 5.74) is 1.82. The summed E-state index contributed by atoms with van der Waals surface area (Å²) in [7, 11) is 0. The van der Waals surface area contributed by atoms with E-state index in [1.807, 2.05) is 6.07 Å². The van der Waals surface area contributed by atoms with E-state index in [1.165, 1.54) is 6.07 Å². The molecule has 3 amide bonds. The van der Waals surface area contributed by atoms with Gasteiger partial charge in [0, 0.05) is 10.6 Å². The van der Waals surface area contributed by atoms with Crippen LogP contribution in [0.5, 0.6) is 0 Å². The number of amides is 3. The summed E-state index contributed by atoms with van der Waals surface area (Å²) in [5.74, 6) is -0.920. The van der Waals surface area contributed by atoms with Crippen molar-refractivity contribution in [3.8, 4) is 11.3 Å². The van der Waals surface area contributed by atoms with Crippen LogP contribution in [-0.2, 0) is 0 Å². The number of carbonyl (C=O) groups excluding carboxylic acids is 3. The van der Waals surface area contributed by atoms with E-state index in [4.69, 9.17) is 16.0 Å². The van der Waals surface area contributed by atoms with Crippen molar-refractivity contribution in [2.24, 2.45) is 0 Å². The zero-order chi connectivity index (χ0) is 22.2. The fourth-order valence-corrected chi connectivity index (χ4v) is 3.83. The van der Waals surface area contributed by atoms with Gasteiger partial charge >= 0.3 is 0 Å². The molecule has 1 aliphatic rings. The van der Waals surface area contributed by atoms with Crippen molar-refractivity contribution in [1.29, 1.82) is 0 Å². The van der Waals surface area contributed by atoms with Crippen molar-refractivity contribution in [1.82, 2.24) is 0 Å². The number of halogens is 1. The van der Waals surface area contributed by atoms with Crippen molar-refractivity contribution in [3.05, 3.63) is 107 Å². The van der Waals surface area contributed by atoms with Crippen LogP contribution < -0.4 is 10.2 Å². The van der Waals surface area contributed by atoms with Crippen LogP contribution in [0.25, 0.3) is 11.3 Å². The molecule has 0 radical (unpaired) electrons. The summed E-state index contributed by atoms with van der Waals surface area (Å²) >= 11 is 6.02. The first-order valence-corrected chi connectivity index (χ1v) is 10.1. The van der Waals surface area contributed by atoms with Crippen LogP contribution in [-0.4, -0.2) is 17.7 Å². The van der Waals surface area contributed by atoms with E-state index in [1.54, 1.807) is 72.8 Å². The second kappa shape index (κ2) is 7.83. The first kappa shape index (κ1) is 19.8. The minimum Gasteiger partial charge on any atom is -0.451 e. The molecule has 4 aromatic rings. The summed E-state index contributed by atoms with van der Waals surface area (Å²) < 4.78 is 5.68. The van der Waals surface area contributed by atoms with Crippen LogP contribution >= 0.6 is 11.6 Å². The predicted molar refractivity (Wildman–Crippen MR) is 121 cm³/mol. The molecule has 0 atom stereocenters. The van der Waals surface area contributed by atoms with Crippen molar-refractivity contribution < 1.29 is 18.8 Å². The first-order valence-electron chi connectivity index (χ1n) is 9.77. The predicted octanol–water partition coefficient (Wildman–Crippen LogP) is 5.65. The number of fused-ring (bicyclic) bond motifs is 1. The number of nitrogens with zero attached hydrogens (tertiary/aromatic N) is 1. The van der Waals surface area contributed by atoms with Gasteiger partial charge in [-0.3, -0.25) is 14.4 Å². The quantitative estimate of drug-likeness (QED) is 0.414. The Kier molecular flexibility index (Phi) is 4.84. The lowest BCUT2D eigenvalue weighted by atomic mass is 10.1. The average Bonchev–Trinajstić information content (AvgIpc) is 3.39. The number of hydrogen-bond acceptors (Lipinski definition) is 4. The smallest absolute Gasteiger partial charge is 0.291 e. The molecule has 1 N–H and O–H groups in total. The molecule has 32 heavy (non-hydrogen) atoms. The van der Waals surface area contributed by atoms with Crippen LogP contribution in [0.1, 0.15) is 31.3 Å². The average molecular weight is 443 g/mol. The monoisotopic (exact) mass is 442 g/mol. The van der Waals surface area contributed by atoms with Crippen LogP contribution in [0.15, 0.2) is 89.3 Å². The van der Waals surface area contributed by atoms with E-state index < -0.39 is 17.7 Å². The molecule has 156 valence electrons. The van der Waals surface area contributed by atoms with E-state index in [0.29, 0.717) is 16.5 Å². The van der Waals surface area contributed by atoms with Crippen molar-refractivity contribution in [2.75, 3.05) is 10.2 Å². The third-order valence-corrected chi connectivity index (χ3v) is 5.35. The molecule has 2 heterocycles. The van der Waals surface area contributed by atoms with Crippen LogP contribution in [0.2, 0.25) is 5.02 Å². The number of imide groups is 1. The second-order valence-electron chi connectivity index (χ2n) is 7.14. The van der Waals surface area contributed by atoms with Crippen molar-refractivity contribution >= 4 is 40.7 Å². The van der Waals surface area contributed by atoms with Gasteiger partial charge in [-0.25, -0.2) is 4.90 Å². The standard InChI is InChI=1S/C25H15ClN2O4/c26-16-7-4-6-15(14-16)20-12-13-21(32-20)23(29)27-19-11-5-10-18-22(19)25(31)28(24(18)30)17-8-2-1-3-9-17/h1-14H,(H,27,29). The Morgan fingerprint density at radius 2 is 1.62 bits per heavy atom. The van der Waals surface area contributed by atoms with Gasteiger partial charge in [-0.1, -0.05) is 48.0 Å². The summed E-state index contributed by atoms with van der Waals surface area (Å²) in [6.45, 7) is 0.